The Morgan fingerprint density at radius 3 is 2.96 bits per heavy atom. The second-order valence-corrected chi connectivity index (χ2v) is 6.59. The van der Waals surface area contributed by atoms with E-state index in [0.29, 0.717) is 6.61 Å². The van der Waals surface area contributed by atoms with E-state index in [1.54, 1.807) is 7.11 Å². The van der Waals surface area contributed by atoms with E-state index in [2.05, 4.69) is 32.9 Å². The predicted molar refractivity (Wildman–Crippen MR) is 94.4 cm³/mol. The van der Waals surface area contributed by atoms with E-state index in [1.165, 1.54) is 11.1 Å². The van der Waals surface area contributed by atoms with Crippen LogP contribution in [-0.4, -0.2) is 25.9 Å². The molecule has 1 aromatic rings. The Morgan fingerprint density at radius 1 is 1.39 bits per heavy atom. The van der Waals surface area contributed by atoms with Gasteiger partial charge in [0.05, 0.1) is 12.2 Å². The van der Waals surface area contributed by atoms with Gasteiger partial charge in [-0.25, -0.2) is 0 Å². The third-order valence-corrected chi connectivity index (χ3v) is 4.87. The molecule has 0 radical (unpaired) electrons. The normalized spacial score (nSPS) is 16.6. The van der Waals surface area contributed by atoms with Gasteiger partial charge >= 0.3 is 0 Å². The van der Waals surface area contributed by atoms with Crippen LogP contribution in [0.15, 0.2) is 29.8 Å². The van der Waals surface area contributed by atoms with Crippen LogP contribution in [0.1, 0.15) is 52.0 Å². The standard InChI is InChI=1S/C20H30O3/c1-5-20(3,21-4)12-6-7-16(2)10-13-22-18-9-8-17-11-14-23-19(17)15-18/h8-10,15H,5-7,11-14H2,1-4H3/b16-10+. The van der Waals surface area contributed by atoms with Crippen LogP contribution in [-0.2, 0) is 11.2 Å². The molecule has 0 spiro atoms. The summed E-state index contributed by atoms with van der Waals surface area (Å²) < 4.78 is 17.0. The van der Waals surface area contributed by atoms with Crippen LogP contribution in [0.5, 0.6) is 11.5 Å². The summed E-state index contributed by atoms with van der Waals surface area (Å²) in [4.78, 5) is 0. The number of rotatable bonds is 9. The minimum atomic E-state index is 0.0151. The molecule has 1 aliphatic heterocycles. The summed E-state index contributed by atoms with van der Waals surface area (Å²) in [6, 6.07) is 6.13. The van der Waals surface area contributed by atoms with Gasteiger partial charge in [0.15, 0.2) is 0 Å². The minimum Gasteiger partial charge on any atom is -0.493 e. The summed E-state index contributed by atoms with van der Waals surface area (Å²) >= 11 is 0. The zero-order valence-corrected chi connectivity index (χ0v) is 15.0. The third kappa shape index (κ3) is 5.28. The first kappa shape index (κ1) is 17.9. The molecule has 128 valence electrons. The first-order chi connectivity index (χ1) is 11.1. The van der Waals surface area contributed by atoms with Gasteiger partial charge in [0, 0.05) is 19.6 Å². The van der Waals surface area contributed by atoms with Crippen LogP contribution in [0.25, 0.3) is 0 Å². The lowest BCUT2D eigenvalue weighted by atomic mass is 9.94. The van der Waals surface area contributed by atoms with Crippen LogP contribution in [0.3, 0.4) is 0 Å². The first-order valence-corrected chi connectivity index (χ1v) is 8.65. The number of benzene rings is 1. The largest absolute Gasteiger partial charge is 0.493 e. The molecule has 0 amide bonds. The van der Waals surface area contributed by atoms with Crippen molar-refractivity contribution in [1.82, 2.24) is 0 Å². The summed E-state index contributed by atoms with van der Waals surface area (Å²) in [5.41, 5.74) is 2.67. The maximum atomic E-state index is 5.81. The smallest absolute Gasteiger partial charge is 0.126 e. The number of hydrogen-bond donors (Lipinski definition) is 0. The van der Waals surface area contributed by atoms with Gasteiger partial charge in [-0.3, -0.25) is 0 Å². The van der Waals surface area contributed by atoms with Crippen molar-refractivity contribution >= 4 is 0 Å². The molecule has 1 aliphatic rings. The molecule has 1 heterocycles. The van der Waals surface area contributed by atoms with E-state index in [0.717, 1.165) is 50.2 Å². The summed E-state index contributed by atoms with van der Waals surface area (Å²) in [6.07, 6.45) is 7.56. The van der Waals surface area contributed by atoms with E-state index in [9.17, 15) is 0 Å². The molecule has 0 N–H and O–H groups in total. The lowest BCUT2D eigenvalue weighted by Crippen LogP contribution is -2.25. The van der Waals surface area contributed by atoms with Gasteiger partial charge in [0.1, 0.15) is 18.1 Å². The second-order valence-electron chi connectivity index (χ2n) is 6.59. The molecule has 2 rings (SSSR count). The minimum absolute atomic E-state index is 0.0151. The molecule has 3 nitrogen and oxygen atoms in total. The van der Waals surface area contributed by atoms with Gasteiger partial charge in [-0.1, -0.05) is 18.6 Å². The summed E-state index contributed by atoms with van der Waals surface area (Å²) in [6.45, 7) is 7.94. The molecule has 23 heavy (non-hydrogen) atoms. The molecule has 1 atom stereocenters. The van der Waals surface area contributed by atoms with Crippen molar-refractivity contribution in [2.24, 2.45) is 0 Å². The fraction of sp³-hybridized carbons (Fsp3) is 0.600. The summed E-state index contributed by atoms with van der Waals surface area (Å²) in [5.74, 6) is 1.86. The van der Waals surface area contributed by atoms with Crippen LogP contribution in [0.2, 0.25) is 0 Å². The fourth-order valence-electron chi connectivity index (χ4n) is 2.78. The van der Waals surface area contributed by atoms with E-state index in [1.807, 2.05) is 12.1 Å². The van der Waals surface area contributed by atoms with Gasteiger partial charge in [-0.2, -0.15) is 0 Å². The molecule has 1 aromatic carbocycles. The lowest BCUT2D eigenvalue weighted by molar-refractivity contribution is -0.00563. The highest BCUT2D eigenvalue weighted by Crippen LogP contribution is 2.29. The average Bonchev–Trinajstić information content (AvgIpc) is 3.02. The SMILES string of the molecule is CCC(C)(CCC/C(C)=C/COc1ccc2c(c1)OCC2)OC. The van der Waals surface area contributed by atoms with E-state index >= 15 is 0 Å². The molecule has 0 saturated carbocycles. The second kappa shape index (κ2) is 8.39. The molecular weight excluding hydrogens is 288 g/mol. The number of allylic oxidation sites excluding steroid dienone is 1. The Bertz CT molecular complexity index is 530. The van der Waals surface area contributed by atoms with E-state index in [-0.39, 0.29) is 5.60 Å². The molecule has 1 unspecified atom stereocenters. The zero-order chi connectivity index (χ0) is 16.7. The van der Waals surface area contributed by atoms with Gasteiger partial charge in [-0.15, -0.1) is 0 Å². The molecule has 0 bridgehead atoms. The van der Waals surface area contributed by atoms with E-state index < -0.39 is 0 Å². The average molecular weight is 318 g/mol. The van der Waals surface area contributed by atoms with Crippen molar-refractivity contribution in [3.63, 3.8) is 0 Å². The number of hydrogen-bond acceptors (Lipinski definition) is 3. The van der Waals surface area contributed by atoms with Gasteiger partial charge in [-0.05, 0) is 57.2 Å². The number of ether oxygens (including phenoxy) is 3. The molecule has 0 aromatic heterocycles. The van der Waals surface area contributed by atoms with Gasteiger partial charge in [0.25, 0.3) is 0 Å². The Balaban J connectivity index is 1.72. The van der Waals surface area contributed by atoms with Crippen LogP contribution < -0.4 is 9.47 Å². The number of methoxy groups -OCH3 is 1. The molecule has 0 saturated heterocycles. The maximum absolute atomic E-state index is 5.81. The van der Waals surface area contributed by atoms with Gasteiger partial charge in [0.2, 0.25) is 0 Å². The highest BCUT2D eigenvalue weighted by molar-refractivity contribution is 5.42. The van der Waals surface area contributed by atoms with Crippen LogP contribution in [0, 0.1) is 0 Å². The summed E-state index contributed by atoms with van der Waals surface area (Å²) in [7, 11) is 1.81. The predicted octanol–water partition coefficient (Wildman–Crippen LogP) is 4.93. The first-order valence-electron chi connectivity index (χ1n) is 8.65. The molecule has 3 heteroatoms. The van der Waals surface area contributed by atoms with Crippen molar-refractivity contribution in [2.75, 3.05) is 20.3 Å². The highest BCUT2D eigenvalue weighted by Gasteiger charge is 2.19. The molecule has 0 aliphatic carbocycles. The third-order valence-electron chi connectivity index (χ3n) is 4.87. The Kier molecular flexibility index (Phi) is 6.52. The van der Waals surface area contributed by atoms with Crippen molar-refractivity contribution < 1.29 is 14.2 Å². The summed E-state index contributed by atoms with van der Waals surface area (Å²) in [5, 5.41) is 0. The lowest BCUT2D eigenvalue weighted by Gasteiger charge is -2.26. The molecular formula is C20H30O3. The van der Waals surface area contributed by atoms with Crippen LogP contribution >= 0.6 is 0 Å². The molecule has 0 fully saturated rings. The highest BCUT2D eigenvalue weighted by atomic mass is 16.5. The fourth-order valence-corrected chi connectivity index (χ4v) is 2.78. The van der Waals surface area contributed by atoms with Crippen LogP contribution in [0.4, 0.5) is 0 Å². The zero-order valence-electron chi connectivity index (χ0n) is 15.0. The Morgan fingerprint density at radius 2 is 2.22 bits per heavy atom. The topological polar surface area (TPSA) is 27.7 Å². The van der Waals surface area contributed by atoms with Crippen molar-refractivity contribution in [3.8, 4) is 11.5 Å². The van der Waals surface area contributed by atoms with E-state index in [4.69, 9.17) is 14.2 Å². The number of fused-ring (bicyclic) bond motifs is 1. The monoisotopic (exact) mass is 318 g/mol. The quantitative estimate of drug-likeness (QED) is 0.604. The van der Waals surface area contributed by atoms with Crippen molar-refractivity contribution in [2.45, 2.75) is 58.5 Å². The Labute approximate surface area is 140 Å². The van der Waals surface area contributed by atoms with Crippen molar-refractivity contribution in [3.05, 3.63) is 35.4 Å². The van der Waals surface area contributed by atoms with Crippen molar-refractivity contribution in [1.29, 1.82) is 0 Å². The van der Waals surface area contributed by atoms with Gasteiger partial charge < -0.3 is 14.2 Å². The Hall–Kier alpha value is -1.48. The maximum Gasteiger partial charge on any atom is 0.126 e.